The molecule has 0 saturated carbocycles. The summed E-state index contributed by atoms with van der Waals surface area (Å²) in [7, 11) is 1.83. The van der Waals surface area contributed by atoms with Crippen LogP contribution in [0.1, 0.15) is 30.7 Å². The summed E-state index contributed by atoms with van der Waals surface area (Å²) in [5.41, 5.74) is 1.47. The van der Waals surface area contributed by atoms with Crippen molar-refractivity contribution in [3.8, 4) is 0 Å². The van der Waals surface area contributed by atoms with Crippen LogP contribution in [0.15, 0.2) is 34.2 Å². The monoisotopic (exact) mass is 520 g/mol. The average molecular weight is 520 g/mol. The number of rotatable bonds is 7. The molecule has 3 heterocycles. The van der Waals surface area contributed by atoms with Gasteiger partial charge >= 0.3 is 0 Å². The van der Waals surface area contributed by atoms with Crippen LogP contribution in [0.2, 0.25) is 0 Å². The van der Waals surface area contributed by atoms with E-state index in [1.807, 2.05) is 18.4 Å². The fourth-order valence-corrected chi connectivity index (χ4v) is 4.43. The van der Waals surface area contributed by atoms with Crippen LogP contribution in [0, 0.1) is 0 Å². The SMILES string of the molecule is CN=C(NCCC1=CCOCC1)NCC(c1cccs1)N1CCOC(C)C1.I. The Morgan fingerprint density at radius 3 is 2.96 bits per heavy atom. The lowest BCUT2D eigenvalue weighted by Crippen LogP contribution is -2.48. The Morgan fingerprint density at radius 1 is 1.39 bits per heavy atom. The van der Waals surface area contributed by atoms with Gasteiger partial charge in [-0.25, -0.2) is 0 Å². The van der Waals surface area contributed by atoms with Crippen LogP contribution in [-0.2, 0) is 9.47 Å². The van der Waals surface area contributed by atoms with E-state index in [2.05, 4.69) is 51.0 Å². The van der Waals surface area contributed by atoms with Crippen molar-refractivity contribution in [1.82, 2.24) is 15.5 Å². The molecular weight excluding hydrogens is 487 g/mol. The van der Waals surface area contributed by atoms with Gasteiger partial charge in [-0.3, -0.25) is 9.89 Å². The van der Waals surface area contributed by atoms with Crippen LogP contribution in [0.25, 0.3) is 0 Å². The van der Waals surface area contributed by atoms with E-state index in [-0.39, 0.29) is 30.1 Å². The molecule has 0 radical (unpaired) electrons. The predicted octanol–water partition coefficient (Wildman–Crippen LogP) is 3.03. The zero-order chi connectivity index (χ0) is 18.9. The first-order valence-electron chi connectivity index (χ1n) is 9.85. The number of guanidine groups is 1. The van der Waals surface area contributed by atoms with Gasteiger partial charge in [0.1, 0.15) is 0 Å². The third-order valence-corrected chi connectivity index (χ3v) is 6.04. The van der Waals surface area contributed by atoms with Gasteiger partial charge in [0.2, 0.25) is 0 Å². The Hall–Kier alpha value is -0.680. The van der Waals surface area contributed by atoms with Crippen molar-refractivity contribution in [3.05, 3.63) is 34.0 Å². The molecule has 1 fully saturated rings. The molecule has 0 aliphatic carbocycles. The second-order valence-corrected chi connectivity index (χ2v) is 8.00. The fraction of sp³-hybridized carbons (Fsp3) is 0.650. The Labute approximate surface area is 189 Å². The van der Waals surface area contributed by atoms with E-state index in [4.69, 9.17) is 9.47 Å². The minimum Gasteiger partial charge on any atom is -0.377 e. The number of nitrogens with one attached hydrogen (secondary N) is 2. The van der Waals surface area contributed by atoms with Gasteiger partial charge in [0.25, 0.3) is 0 Å². The highest BCUT2D eigenvalue weighted by Gasteiger charge is 2.26. The van der Waals surface area contributed by atoms with Gasteiger partial charge in [0.05, 0.1) is 32.0 Å². The van der Waals surface area contributed by atoms with Gasteiger partial charge in [0.15, 0.2) is 5.96 Å². The van der Waals surface area contributed by atoms with E-state index >= 15 is 0 Å². The molecule has 0 amide bonds. The summed E-state index contributed by atoms with van der Waals surface area (Å²) < 4.78 is 11.1. The molecule has 2 N–H and O–H groups in total. The molecule has 0 aromatic carbocycles. The van der Waals surface area contributed by atoms with Crippen LogP contribution in [-0.4, -0.2) is 70.0 Å². The first kappa shape index (κ1) is 23.6. The van der Waals surface area contributed by atoms with Crippen LogP contribution in [0.3, 0.4) is 0 Å². The van der Waals surface area contributed by atoms with Gasteiger partial charge in [-0.05, 0) is 31.2 Å². The largest absolute Gasteiger partial charge is 0.377 e. The van der Waals surface area contributed by atoms with E-state index < -0.39 is 0 Å². The van der Waals surface area contributed by atoms with Crippen LogP contribution in [0.5, 0.6) is 0 Å². The highest BCUT2D eigenvalue weighted by molar-refractivity contribution is 14.0. The lowest BCUT2D eigenvalue weighted by Gasteiger charge is -2.37. The lowest BCUT2D eigenvalue weighted by atomic mass is 10.1. The quantitative estimate of drug-likeness (QED) is 0.251. The molecule has 0 spiro atoms. The maximum Gasteiger partial charge on any atom is 0.191 e. The smallest absolute Gasteiger partial charge is 0.191 e. The van der Waals surface area contributed by atoms with Crippen molar-refractivity contribution >= 4 is 41.3 Å². The molecule has 2 aliphatic heterocycles. The zero-order valence-corrected chi connectivity index (χ0v) is 20.0. The predicted molar refractivity (Wildman–Crippen MR) is 127 cm³/mol. The Bertz CT molecular complexity index is 624. The van der Waals surface area contributed by atoms with Crippen molar-refractivity contribution in [2.24, 2.45) is 4.99 Å². The van der Waals surface area contributed by atoms with Crippen LogP contribution >= 0.6 is 35.3 Å². The van der Waals surface area contributed by atoms with Crippen molar-refractivity contribution in [3.63, 3.8) is 0 Å². The van der Waals surface area contributed by atoms with E-state index in [1.54, 1.807) is 0 Å². The summed E-state index contributed by atoms with van der Waals surface area (Å²) in [6.45, 7) is 8.21. The second-order valence-electron chi connectivity index (χ2n) is 7.02. The number of hydrogen-bond acceptors (Lipinski definition) is 5. The molecule has 2 aliphatic rings. The molecule has 158 valence electrons. The normalized spacial score (nSPS) is 22.1. The van der Waals surface area contributed by atoms with Crippen molar-refractivity contribution in [1.29, 1.82) is 0 Å². The standard InChI is InChI=1S/C20H32N4O2S.HI/c1-16-15-24(9-12-26-16)18(19-4-3-13-27-19)14-23-20(21-2)22-8-5-17-6-10-25-11-7-17;/h3-4,6,13,16,18H,5,7-12,14-15H2,1-2H3,(H2,21,22,23);1H. The van der Waals surface area contributed by atoms with E-state index in [9.17, 15) is 0 Å². The number of morpholine rings is 1. The summed E-state index contributed by atoms with van der Waals surface area (Å²) in [6.07, 6.45) is 4.57. The van der Waals surface area contributed by atoms with Crippen molar-refractivity contribution in [2.45, 2.75) is 31.9 Å². The first-order valence-corrected chi connectivity index (χ1v) is 10.7. The summed E-state index contributed by atoms with van der Waals surface area (Å²) >= 11 is 1.82. The number of ether oxygens (including phenoxy) is 2. The summed E-state index contributed by atoms with van der Waals surface area (Å²) in [6, 6.07) is 4.70. The third-order valence-electron chi connectivity index (χ3n) is 5.07. The Kier molecular flexibility index (Phi) is 10.8. The number of thiophene rings is 1. The summed E-state index contributed by atoms with van der Waals surface area (Å²) in [5, 5.41) is 9.13. The number of nitrogens with zero attached hydrogens (tertiary/aromatic N) is 2. The summed E-state index contributed by atoms with van der Waals surface area (Å²) in [4.78, 5) is 8.30. The Balaban J connectivity index is 0.00000280. The van der Waals surface area contributed by atoms with Gasteiger partial charge < -0.3 is 20.1 Å². The third kappa shape index (κ3) is 7.29. The van der Waals surface area contributed by atoms with Gasteiger partial charge in [-0.15, -0.1) is 35.3 Å². The molecule has 28 heavy (non-hydrogen) atoms. The summed E-state index contributed by atoms with van der Waals surface area (Å²) in [5.74, 6) is 0.866. The maximum absolute atomic E-state index is 5.72. The highest BCUT2D eigenvalue weighted by Crippen LogP contribution is 2.26. The van der Waals surface area contributed by atoms with Crippen molar-refractivity contribution in [2.75, 3.05) is 53.0 Å². The maximum atomic E-state index is 5.72. The van der Waals surface area contributed by atoms with Crippen molar-refractivity contribution < 1.29 is 9.47 Å². The molecule has 2 unspecified atom stereocenters. The molecule has 1 aromatic heterocycles. The fourth-order valence-electron chi connectivity index (χ4n) is 3.57. The second kappa shape index (κ2) is 12.8. The van der Waals surface area contributed by atoms with Crippen LogP contribution in [0.4, 0.5) is 0 Å². The average Bonchev–Trinajstić information content (AvgIpc) is 3.22. The van der Waals surface area contributed by atoms with Gasteiger partial charge in [0, 0.05) is 38.1 Å². The molecular formula is C20H33IN4O2S. The number of hydrogen-bond donors (Lipinski definition) is 2. The minimum atomic E-state index is 0. The molecule has 1 saturated heterocycles. The molecule has 0 bridgehead atoms. The highest BCUT2D eigenvalue weighted by atomic mass is 127. The topological polar surface area (TPSA) is 58.1 Å². The van der Waals surface area contributed by atoms with Crippen LogP contribution < -0.4 is 10.6 Å². The first-order chi connectivity index (χ1) is 13.3. The Morgan fingerprint density at radius 2 is 2.29 bits per heavy atom. The number of aliphatic imine (C=N–C) groups is 1. The zero-order valence-electron chi connectivity index (χ0n) is 16.9. The lowest BCUT2D eigenvalue weighted by molar-refractivity contribution is -0.0334. The van der Waals surface area contributed by atoms with E-state index in [0.717, 1.165) is 64.8 Å². The van der Waals surface area contributed by atoms with E-state index in [1.165, 1.54) is 10.5 Å². The van der Waals surface area contributed by atoms with Gasteiger partial charge in [-0.2, -0.15) is 0 Å². The molecule has 8 heteroatoms. The molecule has 2 atom stereocenters. The molecule has 1 aromatic rings. The van der Waals surface area contributed by atoms with E-state index in [0.29, 0.717) is 6.04 Å². The number of halogens is 1. The molecule has 3 rings (SSSR count). The molecule has 6 nitrogen and oxygen atoms in total. The minimum absolute atomic E-state index is 0. The van der Waals surface area contributed by atoms with Gasteiger partial charge in [-0.1, -0.05) is 17.7 Å².